The lowest BCUT2D eigenvalue weighted by Crippen LogP contribution is -2.64. The van der Waals surface area contributed by atoms with Gasteiger partial charge >= 0.3 is 0 Å². The molecule has 0 aliphatic carbocycles. The van der Waals surface area contributed by atoms with Gasteiger partial charge in [-0.05, 0) is 48.2 Å². The van der Waals surface area contributed by atoms with E-state index in [1.807, 2.05) is 29.2 Å². The third-order valence-corrected chi connectivity index (χ3v) is 5.88. The van der Waals surface area contributed by atoms with E-state index < -0.39 is 0 Å². The minimum atomic E-state index is -0.378. The highest BCUT2D eigenvalue weighted by atomic mass is 16.5. The molecule has 0 unspecified atom stereocenters. The fourth-order valence-electron chi connectivity index (χ4n) is 4.40. The maximum absolute atomic E-state index is 12.7. The Morgan fingerprint density at radius 1 is 1.11 bits per heavy atom. The highest BCUT2D eigenvalue weighted by Gasteiger charge is 2.51. The highest BCUT2D eigenvalue weighted by Crippen LogP contribution is 2.40. The summed E-state index contributed by atoms with van der Waals surface area (Å²) in [6.45, 7) is 2.87. The van der Waals surface area contributed by atoms with E-state index in [9.17, 15) is 4.79 Å². The number of piperidine rings is 1. The van der Waals surface area contributed by atoms with Crippen molar-refractivity contribution in [1.82, 2.24) is 14.8 Å². The number of hydrogen-bond donors (Lipinski definition) is 0. The summed E-state index contributed by atoms with van der Waals surface area (Å²) in [5, 5.41) is 0. The number of nitrogens with zero attached hydrogens (tertiary/aromatic N) is 3. The van der Waals surface area contributed by atoms with E-state index in [1.54, 1.807) is 26.6 Å². The summed E-state index contributed by atoms with van der Waals surface area (Å²) < 4.78 is 10.8. The van der Waals surface area contributed by atoms with Crippen LogP contribution in [-0.4, -0.2) is 60.1 Å². The molecule has 6 nitrogen and oxygen atoms in total. The number of rotatable bonds is 6. The van der Waals surface area contributed by atoms with Crippen molar-refractivity contribution in [1.29, 1.82) is 0 Å². The second-order valence-electron chi connectivity index (χ2n) is 7.49. The van der Waals surface area contributed by atoms with Crippen LogP contribution in [-0.2, 0) is 16.1 Å². The molecule has 28 heavy (non-hydrogen) atoms. The molecule has 2 saturated heterocycles. The number of benzene rings is 1. The molecule has 2 atom stereocenters. The number of aromatic nitrogens is 1. The molecule has 0 bridgehead atoms. The van der Waals surface area contributed by atoms with Gasteiger partial charge in [0.2, 0.25) is 0 Å². The van der Waals surface area contributed by atoms with Gasteiger partial charge in [-0.15, -0.1) is 0 Å². The largest absolute Gasteiger partial charge is 0.497 e. The Labute approximate surface area is 166 Å². The number of carbonyl (C=O) groups excluding carboxylic acids is 1. The van der Waals surface area contributed by atoms with Crippen molar-refractivity contribution in [2.24, 2.45) is 0 Å². The van der Waals surface area contributed by atoms with Crippen molar-refractivity contribution in [3.8, 4) is 5.75 Å². The number of carbonyl (C=O) groups is 1. The van der Waals surface area contributed by atoms with E-state index in [1.165, 1.54) is 5.56 Å². The van der Waals surface area contributed by atoms with Gasteiger partial charge in [-0.2, -0.15) is 0 Å². The van der Waals surface area contributed by atoms with Crippen molar-refractivity contribution in [3.63, 3.8) is 0 Å². The van der Waals surface area contributed by atoms with E-state index in [-0.39, 0.29) is 24.1 Å². The van der Waals surface area contributed by atoms with Crippen LogP contribution in [0.5, 0.6) is 5.75 Å². The van der Waals surface area contributed by atoms with Crippen LogP contribution < -0.4 is 4.74 Å². The van der Waals surface area contributed by atoms with Gasteiger partial charge in [-0.25, -0.2) is 0 Å². The average molecular weight is 381 g/mol. The predicted octanol–water partition coefficient (Wildman–Crippen LogP) is 2.65. The monoisotopic (exact) mass is 381 g/mol. The van der Waals surface area contributed by atoms with E-state index in [0.717, 1.165) is 43.8 Å². The minimum absolute atomic E-state index is 0.00423. The summed E-state index contributed by atoms with van der Waals surface area (Å²) in [5.74, 6) is 1.000. The SMILES string of the molecule is COc1cccc(CN2CCC(N3C(=O)[C@H](OC)[C@@H]3c3ccncc3)CC2)c1. The normalized spacial score (nSPS) is 23.5. The molecule has 0 N–H and O–H groups in total. The van der Waals surface area contributed by atoms with Crippen molar-refractivity contribution in [3.05, 3.63) is 59.9 Å². The van der Waals surface area contributed by atoms with Crippen LogP contribution in [0.3, 0.4) is 0 Å². The molecule has 2 aliphatic rings. The smallest absolute Gasteiger partial charge is 0.255 e. The van der Waals surface area contributed by atoms with Gasteiger partial charge in [0.15, 0.2) is 6.10 Å². The van der Waals surface area contributed by atoms with Gasteiger partial charge in [0.1, 0.15) is 5.75 Å². The Bertz CT molecular complexity index is 806. The average Bonchev–Trinajstić information content (AvgIpc) is 2.74. The topological polar surface area (TPSA) is 54.9 Å². The number of methoxy groups -OCH3 is 2. The summed E-state index contributed by atoms with van der Waals surface area (Å²) in [7, 11) is 3.31. The number of ether oxygens (including phenoxy) is 2. The predicted molar refractivity (Wildman–Crippen MR) is 106 cm³/mol. The van der Waals surface area contributed by atoms with Crippen LogP contribution in [0.4, 0.5) is 0 Å². The van der Waals surface area contributed by atoms with Gasteiger partial charge < -0.3 is 14.4 Å². The first-order chi connectivity index (χ1) is 13.7. The second-order valence-corrected chi connectivity index (χ2v) is 7.49. The van der Waals surface area contributed by atoms with Gasteiger partial charge in [0.05, 0.1) is 13.2 Å². The van der Waals surface area contributed by atoms with Crippen molar-refractivity contribution in [2.45, 2.75) is 37.6 Å². The molecule has 6 heteroatoms. The Balaban J connectivity index is 1.39. The first-order valence-corrected chi connectivity index (χ1v) is 9.81. The molecule has 0 radical (unpaired) electrons. The van der Waals surface area contributed by atoms with Crippen LogP contribution in [0.1, 0.15) is 30.0 Å². The lowest BCUT2D eigenvalue weighted by Gasteiger charge is -2.52. The number of hydrogen-bond acceptors (Lipinski definition) is 5. The number of β-lactam (4-membered cyclic amide) rings is 1. The fourth-order valence-corrected chi connectivity index (χ4v) is 4.40. The van der Waals surface area contributed by atoms with Crippen molar-refractivity contribution in [2.75, 3.05) is 27.3 Å². The minimum Gasteiger partial charge on any atom is -0.497 e. The first kappa shape index (κ1) is 18.9. The highest BCUT2D eigenvalue weighted by molar-refractivity contribution is 5.89. The van der Waals surface area contributed by atoms with Crippen LogP contribution in [0.2, 0.25) is 0 Å². The molecule has 1 amide bonds. The molecule has 4 rings (SSSR count). The number of pyridine rings is 1. The van der Waals surface area contributed by atoms with E-state index in [2.05, 4.69) is 22.0 Å². The lowest BCUT2D eigenvalue weighted by molar-refractivity contribution is -0.178. The first-order valence-electron chi connectivity index (χ1n) is 9.81. The van der Waals surface area contributed by atoms with Gasteiger partial charge in [0.25, 0.3) is 5.91 Å². The molecular formula is C22H27N3O3. The Morgan fingerprint density at radius 3 is 2.54 bits per heavy atom. The Hall–Kier alpha value is -2.44. The standard InChI is InChI=1S/C22H27N3O3/c1-27-19-5-3-4-16(14-19)15-24-12-8-18(9-13-24)25-20(21(28-2)22(25)26)17-6-10-23-11-7-17/h3-7,10-11,14,18,20-21H,8-9,12-13,15H2,1-2H3/t20-,21+/m0/s1. The van der Waals surface area contributed by atoms with Crippen LogP contribution in [0, 0.1) is 0 Å². The summed E-state index contributed by atoms with van der Waals surface area (Å²) in [4.78, 5) is 21.3. The third-order valence-electron chi connectivity index (χ3n) is 5.88. The zero-order chi connectivity index (χ0) is 19.5. The Kier molecular flexibility index (Phi) is 5.59. The molecule has 2 aromatic rings. The third kappa shape index (κ3) is 3.62. The summed E-state index contributed by atoms with van der Waals surface area (Å²) in [5.41, 5.74) is 2.35. The van der Waals surface area contributed by atoms with Gasteiger partial charge in [0, 0.05) is 45.2 Å². The molecular weight excluding hydrogens is 354 g/mol. The molecule has 148 valence electrons. The maximum Gasteiger partial charge on any atom is 0.255 e. The fraction of sp³-hybridized carbons (Fsp3) is 0.455. The molecule has 1 aromatic heterocycles. The number of amides is 1. The summed E-state index contributed by atoms with van der Waals surface area (Å²) >= 11 is 0. The molecule has 0 saturated carbocycles. The van der Waals surface area contributed by atoms with Crippen molar-refractivity contribution >= 4 is 5.91 Å². The van der Waals surface area contributed by atoms with E-state index in [0.29, 0.717) is 0 Å². The summed E-state index contributed by atoms with van der Waals surface area (Å²) in [6, 6.07) is 12.4. The zero-order valence-electron chi connectivity index (χ0n) is 16.5. The Morgan fingerprint density at radius 2 is 1.86 bits per heavy atom. The maximum atomic E-state index is 12.7. The van der Waals surface area contributed by atoms with E-state index >= 15 is 0 Å². The van der Waals surface area contributed by atoms with Crippen molar-refractivity contribution < 1.29 is 14.3 Å². The molecule has 0 spiro atoms. The second kappa shape index (κ2) is 8.29. The molecule has 2 aliphatic heterocycles. The number of likely N-dealkylation sites (tertiary alicyclic amines) is 2. The van der Waals surface area contributed by atoms with Crippen LogP contribution in [0.15, 0.2) is 48.8 Å². The lowest BCUT2D eigenvalue weighted by atomic mass is 9.86. The zero-order valence-corrected chi connectivity index (χ0v) is 16.5. The molecule has 1 aromatic carbocycles. The quantitative estimate of drug-likeness (QED) is 0.720. The summed E-state index contributed by atoms with van der Waals surface area (Å²) in [6.07, 6.45) is 5.14. The van der Waals surface area contributed by atoms with Crippen LogP contribution in [0.25, 0.3) is 0 Å². The van der Waals surface area contributed by atoms with Gasteiger partial charge in [-0.3, -0.25) is 14.7 Å². The molecule has 3 heterocycles. The van der Waals surface area contributed by atoms with E-state index in [4.69, 9.17) is 9.47 Å². The molecule has 2 fully saturated rings. The van der Waals surface area contributed by atoms with Crippen LogP contribution >= 0.6 is 0 Å². The van der Waals surface area contributed by atoms with Gasteiger partial charge in [-0.1, -0.05) is 12.1 Å².